The van der Waals surface area contributed by atoms with E-state index in [1.54, 1.807) is 0 Å². The summed E-state index contributed by atoms with van der Waals surface area (Å²) in [6.07, 6.45) is 1.08. The molecule has 5 nitrogen and oxygen atoms in total. The molecular weight excluding hydrogens is 424 g/mol. The van der Waals surface area contributed by atoms with Crippen LogP contribution in [0.3, 0.4) is 0 Å². The number of rotatable bonds is 4. The number of hydrogen-bond donors (Lipinski definition) is 0. The first kappa shape index (κ1) is 18.0. The van der Waals surface area contributed by atoms with E-state index in [0.29, 0.717) is 23.1 Å². The van der Waals surface area contributed by atoms with Gasteiger partial charge in [-0.1, -0.05) is 36.5 Å². The summed E-state index contributed by atoms with van der Waals surface area (Å²) < 4.78 is 6.09. The fourth-order valence-electron chi connectivity index (χ4n) is 5.69. The highest BCUT2D eigenvalue weighted by atomic mass is 35.5. The number of carbonyl (C=O) groups excluding carboxylic acids is 2. The predicted molar refractivity (Wildman–Crippen MR) is 95.9 cm³/mol. The Morgan fingerprint density at radius 3 is 2.04 bits per heavy atom. The minimum atomic E-state index is -0.935. The van der Waals surface area contributed by atoms with Crippen LogP contribution in [-0.4, -0.2) is 45.4 Å². The Labute approximate surface area is 170 Å². The summed E-state index contributed by atoms with van der Waals surface area (Å²) in [7, 11) is 0. The lowest BCUT2D eigenvalue weighted by Gasteiger charge is -2.40. The van der Waals surface area contributed by atoms with Crippen LogP contribution in [0.15, 0.2) is 10.1 Å². The van der Waals surface area contributed by atoms with Gasteiger partial charge in [0.05, 0.1) is 50.5 Å². The van der Waals surface area contributed by atoms with Gasteiger partial charge in [-0.3, -0.25) is 14.4 Å². The van der Waals surface area contributed by atoms with E-state index < -0.39 is 33.8 Å². The Hall–Kier alpha value is -0.0400. The average Bonchev–Trinajstić information content (AvgIpc) is 3.32. The summed E-state index contributed by atoms with van der Waals surface area (Å²) in [5, 5.41) is 1.62. The topological polar surface area (TPSA) is 55.8 Å². The maximum absolute atomic E-state index is 12.9. The second-order valence-electron chi connectivity index (χ2n) is 7.86. The molecule has 3 aliphatic heterocycles. The first-order valence-corrected chi connectivity index (χ1v) is 10.4. The van der Waals surface area contributed by atoms with Gasteiger partial charge in [0.1, 0.15) is 0 Å². The SMILES string of the molecule is CCCCON1C(=O)[C@@H]2[C@H]3O[C@@H]([C@@H]2C1=O)[C@@H]1[C@H]3[C@@]2(Cl)C[C@@]1(Cl)C(Cl)=C2Cl. The number of halogens is 4. The lowest BCUT2D eigenvalue weighted by Crippen LogP contribution is -2.50. The molecule has 1 saturated carbocycles. The Balaban J connectivity index is 1.50. The molecule has 0 aromatic rings. The second-order valence-corrected chi connectivity index (χ2v) is 9.96. The molecule has 2 amide bonds. The van der Waals surface area contributed by atoms with Crippen LogP contribution in [-0.2, 0) is 19.2 Å². The largest absolute Gasteiger partial charge is 0.373 e. The third-order valence-corrected chi connectivity index (χ3v) is 9.18. The molecule has 0 aromatic heterocycles. The van der Waals surface area contributed by atoms with Crippen molar-refractivity contribution in [2.75, 3.05) is 6.61 Å². The Morgan fingerprint density at radius 1 is 1.08 bits per heavy atom. The zero-order chi connectivity index (χ0) is 18.6. The van der Waals surface area contributed by atoms with E-state index in [-0.39, 0.29) is 23.7 Å². The van der Waals surface area contributed by atoms with Crippen LogP contribution in [0.2, 0.25) is 0 Å². The molecule has 5 rings (SSSR count). The molecule has 4 bridgehead atoms. The summed E-state index contributed by atoms with van der Waals surface area (Å²) in [5.41, 5.74) is 0. The van der Waals surface area contributed by atoms with E-state index in [1.165, 1.54) is 0 Å². The molecule has 3 heterocycles. The molecule has 8 atom stereocenters. The van der Waals surface area contributed by atoms with Crippen molar-refractivity contribution in [3.05, 3.63) is 10.1 Å². The average molecular weight is 441 g/mol. The van der Waals surface area contributed by atoms with Gasteiger partial charge in [-0.05, 0) is 12.8 Å². The molecule has 2 aliphatic carbocycles. The highest BCUT2D eigenvalue weighted by molar-refractivity contribution is 6.51. The van der Waals surface area contributed by atoms with Crippen LogP contribution in [0.5, 0.6) is 0 Å². The number of ether oxygens (including phenoxy) is 1. The fourth-order valence-corrected chi connectivity index (χ4v) is 7.71. The first-order chi connectivity index (χ1) is 12.3. The van der Waals surface area contributed by atoms with Crippen molar-refractivity contribution >= 4 is 58.2 Å². The van der Waals surface area contributed by atoms with E-state index in [4.69, 9.17) is 56.0 Å². The summed E-state index contributed by atoms with van der Waals surface area (Å²) in [4.78, 5) is 29.3. The van der Waals surface area contributed by atoms with Crippen molar-refractivity contribution in [1.29, 1.82) is 0 Å². The number of allylic oxidation sites excluding steroid dienone is 2. The molecule has 3 saturated heterocycles. The number of imide groups is 1. The fraction of sp³-hybridized carbons (Fsp3) is 0.765. The summed E-state index contributed by atoms with van der Waals surface area (Å²) in [6, 6.07) is 0. The minimum Gasteiger partial charge on any atom is -0.373 e. The molecule has 0 spiro atoms. The highest BCUT2D eigenvalue weighted by Gasteiger charge is 2.82. The van der Waals surface area contributed by atoms with E-state index in [9.17, 15) is 9.59 Å². The smallest absolute Gasteiger partial charge is 0.260 e. The number of amides is 2. The van der Waals surface area contributed by atoms with E-state index in [2.05, 4.69) is 0 Å². The zero-order valence-electron chi connectivity index (χ0n) is 13.9. The highest BCUT2D eigenvalue weighted by Crippen LogP contribution is 2.75. The van der Waals surface area contributed by atoms with Crippen LogP contribution in [0.25, 0.3) is 0 Å². The monoisotopic (exact) mass is 439 g/mol. The molecule has 5 aliphatic rings. The van der Waals surface area contributed by atoms with E-state index in [1.807, 2.05) is 6.92 Å². The van der Waals surface area contributed by atoms with Gasteiger partial charge in [-0.25, -0.2) is 0 Å². The van der Waals surface area contributed by atoms with Gasteiger partial charge in [0.2, 0.25) is 0 Å². The maximum Gasteiger partial charge on any atom is 0.260 e. The quantitative estimate of drug-likeness (QED) is 0.382. The third-order valence-electron chi connectivity index (χ3n) is 6.69. The number of fused-ring (bicyclic) bond motifs is 12. The number of hydroxylamine groups is 2. The first-order valence-electron chi connectivity index (χ1n) is 8.87. The standard InChI is InChI=1S/C17H17Cl4NO4/c1-2-3-4-25-22-14(23)6-7(15(22)24)11-9-8(10(6)26-11)16(20)5-17(9,21)13(19)12(16)18/h6-11H,2-5H2,1H3/t6-,7+,8+,9-,10+,11-,16-,17-/m0/s1. The van der Waals surface area contributed by atoms with Crippen LogP contribution in [0, 0.1) is 23.7 Å². The van der Waals surface area contributed by atoms with Crippen LogP contribution in [0.4, 0.5) is 0 Å². The predicted octanol–water partition coefficient (Wildman–Crippen LogP) is 3.39. The van der Waals surface area contributed by atoms with Crippen molar-refractivity contribution < 1.29 is 19.2 Å². The van der Waals surface area contributed by atoms with Gasteiger partial charge in [-0.2, -0.15) is 5.06 Å². The summed E-state index contributed by atoms with van der Waals surface area (Å²) in [5.74, 6) is -2.35. The Kier molecular flexibility index (Phi) is 3.82. The van der Waals surface area contributed by atoms with Crippen LogP contribution >= 0.6 is 46.4 Å². The van der Waals surface area contributed by atoms with Crippen LogP contribution < -0.4 is 0 Å². The second kappa shape index (κ2) is 5.52. The number of unbranched alkanes of at least 4 members (excludes halogenated alkanes) is 1. The van der Waals surface area contributed by atoms with E-state index >= 15 is 0 Å². The summed E-state index contributed by atoms with van der Waals surface area (Å²) in [6.45, 7) is 2.34. The zero-order valence-corrected chi connectivity index (χ0v) is 16.9. The molecule has 4 fully saturated rings. The van der Waals surface area contributed by atoms with Gasteiger partial charge >= 0.3 is 0 Å². The molecule has 0 aromatic carbocycles. The molecule has 9 heteroatoms. The van der Waals surface area contributed by atoms with Crippen LogP contribution in [0.1, 0.15) is 26.2 Å². The van der Waals surface area contributed by atoms with Crippen molar-refractivity contribution in [1.82, 2.24) is 5.06 Å². The normalized spacial score (nSPS) is 51.0. The Bertz CT molecular complexity index is 705. The van der Waals surface area contributed by atoms with Gasteiger partial charge in [0, 0.05) is 11.8 Å². The molecule has 142 valence electrons. The minimum absolute atomic E-state index is 0.241. The van der Waals surface area contributed by atoms with Crippen molar-refractivity contribution in [3.63, 3.8) is 0 Å². The van der Waals surface area contributed by atoms with E-state index in [0.717, 1.165) is 17.9 Å². The summed E-state index contributed by atoms with van der Waals surface area (Å²) >= 11 is 26.5. The van der Waals surface area contributed by atoms with Gasteiger partial charge in [0.15, 0.2) is 0 Å². The molecular formula is C17H17Cl4NO4. The lowest BCUT2D eigenvalue weighted by atomic mass is 9.65. The lowest BCUT2D eigenvalue weighted by molar-refractivity contribution is -0.192. The number of hydrogen-bond acceptors (Lipinski definition) is 4. The molecule has 0 N–H and O–H groups in total. The van der Waals surface area contributed by atoms with Crippen molar-refractivity contribution in [3.8, 4) is 0 Å². The number of nitrogens with zero attached hydrogens (tertiary/aromatic N) is 1. The van der Waals surface area contributed by atoms with Gasteiger partial charge < -0.3 is 4.74 Å². The van der Waals surface area contributed by atoms with Gasteiger partial charge in [0.25, 0.3) is 11.8 Å². The number of alkyl halides is 2. The van der Waals surface area contributed by atoms with Gasteiger partial charge in [-0.15, -0.1) is 23.2 Å². The third kappa shape index (κ3) is 1.84. The molecule has 0 radical (unpaired) electrons. The van der Waals surface area contributed by atoms with Crippen molar-refractivity contribution in [2.24, 2.45) is 23.7 Å². The molecule has 0 unspecified atom stereocenters. The molecule has 26 heavy (non-hydrogen) atoms. The maximum atomic E-state index is 12.9. The van der Waals surface area contributed by atoms with Crippen molar-refractivity contribution in [2.45, 2.75) is 48.1 Å². The Morgan fingerprint density at radius 2 is 1.58 bits per heavy atom. The number of carbonyl (C=O) groups is 2.